The molecule has 0 bridgehead atoms. The molecule has 0 unspecified atom stereocenters. The molecule has 1 aliphatic rings. The molecule has 1 aliphatic carbocycles. The van der Waals surface area contributed by atoms with Crippen molar-refractivity contribution in [2.24, 2.45) is 5.92 Å². The lowest BCUT2D eigenvalue weighted by molar-refractivity contribution is 0.0268. The smallest absolute Gasteiger partial charge is 0.335 e. The Labute approximate surface area is 187 Å². The van der Waals surface area contributed by atoms with Gasteiger partial charge in [-0.15, -0.1) is 0 Å². The molecule has 1 saturated carbocycles. The van der Waals surface area contributed by atoms with Crippen molar-refractivity contribution in [3.05, 3.63) is 59.0 Å². The van der Waals surface area contributed by atoms with E-state index in [1.54, 1.807) is 30.6 Å². The highest BCUT2D eigenvalue weighted by Crippen LogP contribution is 2.26. The molecule has 1 aromatic carbocycles. The van der Waals surface area contributed by atoms with Gasteiger partial charge in [-0.05, 0) is 75.8 Å². The van der Waals surface area contributed by atoms with Crippen molar-refractivity contribution in [3.8, 4) is 17.1 Å². The molecule has 3 aromatic rings. The van der Waals surface area contributed by atoms with Crippen LogP contribution in [0.2, 0.25) is 0 Å². The second-order valence-electron chi connectivity index (χ2n) is 8.79. The quantitative estimate of drug-likeness (QED) is 0.582. The normalized spacial score (nSPS) is 18.8. The summed E-state index contributed by atoms with van der Waals surface area (Å²) in [4.78, 5) is 22.3. The Kier molecular flexibility index (Phi) is 6.69. The van der Waals surface area contributed by atoms with E-state index in [9.17, 15) is 9.18 Å². The minimum absolute atomic E-state index is 0.0208. The first-order valence-electron chi connectivity index (χ1n) is 11.2. The molecule has 170 valence electrons. The lowest BCUT2D eigenvalue weighted by Gasteiger charge is -2.26. The highest BCUT2D eigenvalue weighted by atomic mass is 19.1. The fourth-order valence-electron chi connectivity index (χ4n) is 3.99. The monoisotopic (exact) mass is 439 g/mol. The number of hydrogen-bond acceptors (Lipinski definition) is 5. The van der Waals surface area contributed by atoms with Crippen molar-refractivity contribution in [2.75, 3.05) is 5.32 Å². The van der Waals surface area contributed by atoms with Crippen LogP contribution in [-0.2, 0) is 11.5 Å². The number of aromatic nitrogens is 4. The summed E-state index contributed by atoms with van der Waals surface area (Å²) in [6.07, 6.45) is 7.98. The van der Waals surface area contributed by atoms with Crippen molar-refractivity contribution in [3.63, 3.8) is 0 Å². The largest absolute Gasteiger partial charge is 0.358 e. The second-order valence-corrected chi connectivity index (χ2v) is 8.79. The minimum Gasteiger partial charge on any atom is -0.358 e. The molecule has 32 heavy (non-hydrogen) atoms. The maximum atomic E-state index is 13.5. The van der Waals surface area contributed by atoms with Gasteiger partial charge in [0, 0.05) is 18.4 Å². The molecular formula is C24H30FN5O2. The van der Waals surface area contributed by atoms with E-state index in [1.165, 1.54) is 34.1 Å². The van der Waals surface area contributed by atoms with Crippen molar-refractivity contribution >= 4 is 5.95 Å². The standard InChI is InChI=1S/C24H30FN5O2/c1-16(2)32-15-29-14-22(30(24(29)31)20-10-6-18(25)7-11-20)21-12-13-26-23(28-21)27-19-8-4-17(3)5-9-19/h6-7,10-14,16-17,19H,4-5,8-9,15H2,1-3H3,(H,26,27,28)/t17-,19-. The van der Waals surface area contributed by atoms with Gasteiger partial charge in [-0.25, -0.2) is 19.2 Å². The first-order valence-corrected chi connectivity index (χ1v) is 11.2. The molecule has 8 heteroatoms. The number of nitrogens with zero attached hydrogens (tertiary/aromatic N) is 4. The predicted octanol–water partition coefficient (Wildman–Crippen LogP) is 4.61. The van der Waals surface area contributed by atoms with Crippen molar-refractivity contribution in [1.29, 1.82) is 0 Å². The van der Waals surface area contributed by atoms with Gasteiger partial charge in [0.05, 0.1) is 23.2 Å². The molecule has 0 radical (unpaired) electrons. The summed E-state index contributed by atoms with van der Waals surface area (Å²) < 4.78 is 22.2. The van der Waals surface area contributed by atoms with E-state index in [2.05, 4.69) is 17.2 Å². The van der Waals surface area contributed by atoms with Crippen LogP contribution in [0.15, 0.2) is 47.5 Å². The van der Waals surface area contributed by atoms with Crippen molar-refractivity contribution in [2.45, 2.75) is 65.3 Å². The van der Waals surface area contributed by atoms with Gasteiger partial charge in [0.1, 0.15) is 12.5 Å². The number of halogens is 1. The predicted molar refractivity (Wildman–Crippen MR) is 122 cm³/mol. The number of nitrogens with one attached hydrogen (secondary N) is 1. The van der Waals surface area contributed by atoms with Gasteiger partial charge in [-0.2, -0.15) is 0 Å². The van der Waals surface area contributed by atoms with Crippen LogP contribution in [0.4, 0.5) is 10.3 Å². The average molecular weight is 440 g/mol. The minimum atomic E-state index is -0.360. The number of imidazole rings is 1. The Morgan fingerprint density at radius 1 is 1.16 bits per heavy atom. The molecule has 0 saturated heterocycles. The van der Waals surface area contributed by atoms with Gasteiger partial charge in [0.25, 0.3) is 0 Å². The van der Waals surface area contributed by atoms with Crippen molar-refractivity contribution in [1.82, 2.24) is 19.1 Å². The van der Waals surface area contributed by atoms with Gasteiger partial charge in [-0.3, -0.25) is 9.13 Å². The van der Waals surface area contributed by atoms with E-state index in [-0.39, 0.29) is 24.3 Å². The maximum Gasteiger partial charge on any atom is 0.335 e. The highest BCUT2D eigenvalue weighted by Gasteiger charge is 2.20. The lowest BCUT2D eigenvalue weighted by Crippen LogP contribution is -2.26. The Balaban J connectivity index is 1.69. The zero-order chi connectivity index (χ0) is 22.7. The molecule has 1 fully saturated rings. The summed E-state index contributed by atoms with van der Waals surface area (Å²) in [6, 6.07) is 7.96. The number of benzene rings is 1. The van der Waals surface area contributed by atoms with Crippen LogP contribution in [0.5, 0.6) is 0 Å². The van der Waals surface area contributed by atoms with Crippen LogP contribution in [0.3, 0.4) is 0 Å². The van der Waals surface area contributed by atoms with E-state index in [1.807, 2.05) is 13.8 Å². The molecule has 0 amide bonds. The Bertz CT molecular complexity index is 1100. The van der Waals surface area contributed by atoms with Crippen LogP contribution in [0.25, 0.3) is 17.1 Å². The summed E-state index contributed by atoms with van der Waals surface area (Å²) in [5.41, 5.74) is 1.49. The van der Waals surface area contributed by atoms with Crippen LogP contribution < -0.4 is 11.0 Å². The first kappa shape index (κ1) is 22.2. The molecule has 7 nitrogen and oxygen atoms in total. The zero-order valence-corrected chi connectivity index (χ0v) is 18.8. The van der Waals surface area contributed by atoms with E-state index in [0.717, 1.165) is 18.8 Å². The summed E-state index contributed by atoms with van der Waals surface area (Å²) in [5, 5.41) is 3.45. The molecule has 4 rings (SSSR count). The van der Waals surface area contributed by atoms with Crippen molar-refractivity contribution < 1.29 is 9.13 Å². The third-order valence-electron chi connectivity index (χ3n) is 5.85. The summed E-state index contributed by atoms with van der Waals surface area (Å²) in [6.45, 7) is 6.23. The number of anilines is 1. The van der Waals surface area contributed by atoms with E-state index in [4.69, 9.17) is 9.72 Å². The molecule has 0 aliphatic heterocycles. The molecular weight excluding hydrogens is 409 g/mol. The lowest BCUT2D eigenvalue weighted by atomic mass is 9.87. The number of rotatable bonds is 7. The Morgan fingerprint density at radius 2 is 1.88 bits per heavy atom. The topological polar surface area (TPSA) is 74.0 Å². The summed E-state index contributed by atoms with van der Waals surface area (Å²) in [5.74, 6) is 0.950. The zero-order valence-electron chi connectivity index (χ0n) is 18.8. The fourth-order valence-corrected chi connectivity index (χ4v) is 3.99. The third-order valence-corrected chi connectivity index (χ3v) is 5.85. The second kappa shape index (κ2) is 9.65. The van der Waals surface area contributed by atoms with Crippen LogP contribution >= 0.6 is 0 Å². The van der Waals surface area contributed by atoms with Gasteiger partial charge < -0.3 is 10.1 Å². The Hall–Kier alpha value is -3.00. The highest BCUT2D eigenvalue weighted by molar-refractivity contribution is 5.59. The summed E-state index contributed by atoms with van der Waals surface area (Å²) in [7, 11) is 0. The number of hydrogen-bond donors (Lipinski definition) is 1. The number of ether oxygens (including phenoxy) is 1. The SMILES string of the molecule is CC(C)OCn1cc(-c2ccnc(N[C@H]3CC[C@H](C)CC3)n2)n(-c2ccc(F)cc2)c1=O. The van der Waals surface area contributed by atoms with E-state index >= 15 is 0 Å². The Morgan fingerprint density at radius 3 is 2.56 bits per heavy atom. The molecule has 2 heterocycles. The first-order chi connectivity index (χ1) is 15.4. The van der Waals surface area contributed by atoms with Crippen LogP contribution in [-0.4, -0.2) is 31.2 Å². The summed E-state index contributed by atoms with van der Waals surface area (Å²) >= 11 is 0. The molecule has 0 spiro atoms. The maximum absolute atomic E-state index is 13.5. The van der Waals surface area contributed by atoms with Gasteiger partial charge in [0.15, 0.2) is 0 Å². The van der Waals surface area contributed by atoms with Gasteiger partial charge in [0.2, 0.25) is 5.95 Å². The van der Waals surface area contributed by atoms with Gasteiger partial charge >= 0.3 is 5.69 Å². The third kappa shape index (κ3) is 5.07. The van der Waals surface area contributed by atoms with Crippen LogP contribution in [0.1, 0.15) is 46.5 Å². The average Bonchev–Trinajstić information content (AvgIpc) is 3.11. The van der Waals surface area contributed by atoms with E-state index in [0.29, 0.717) is 29.1 Å². The van der Waals surface area contributed by atoms with E-state index < -0.39 is 0 Å². The molecule has 0 atom stereocenters. The fraction of sp³-hybridized carbons (Fsp3) is 0.458. The molecule has 2 aromatic heterocycles. The van der Waals surface area contributed by atoms with Crippen LogP contribution in [0, 0.1) is 11.7 Å². The molecule has 1 N–H and O–H groups in total. The van der Waals surface area contributed by atoms with Gasteiger partial charge in [-0.1, -0.05) is 6.92 Å².